The Morgan fingerprint density at radius 1 is 1.42 bits per heavy atom. The molecular weight excluding hydrogens is 308 g/mol. The Kier molecular flexibility index (Phi) is 4.96. The molecule has 0 spiro atoms. The summed E-state index contributed by atoms with van der Waals surface area (Å²) >= 11 is 3.39. The molecule has 1 aromatic carbocycles. The molecule has 106 valence electrons. The van der Waals surface area contributed by atoms with E-state index in [-0.39, 0.29) is 16.0 Å². The van der Waals surface area contributed by atoms with E-state index in [4.69, 9.17) is 0 Å². The van der Waals surface area contributed by atoms with Crippen LogP contribution in [-0.4, -0.2) is 11.5 Å². The third-order valence-corrected chi connectivity index (χ3v) is 4.44. The molecule has 0 saturated heterocycles. The maximum absolute atomic E-state index is 10.9. The number of halogens is 1. The van der Waals surface area contributed by atoms with E-state index < -0.39 is 0 Å². The SMILES string of the molecule is Cc1cc(NCC(C)(C)C(C)C)c(Br)cc1[N+](=O)[O-]. The van der Waals surface area contributed by atoms with Gasteiger partial charge >= 0.3 is 0 Å². The van der Waals surface area contributed by atoms with E-state index in [1.54, 1.807) is 13.0 Å². The van der Waals surface area contributed by atoms with Gasteiger partial charge in [-0.05, 0) is 40.3 Å². The van der Waals surface area contributed by atoms with Gasteiger partial charge in [0.25, 0.3) is 5.69 Å². The van der Waals surface area contributed by atoms with Gasteiger partial charge in [0.2, 0.25) is 0 Å². The summed E-state index contributed by atoms with van der Waals surface area (Å²) in [4.78, 5) is 10.5. The fraction of sp³-hybridized carbons (Fsp3) is 0.571. The zero-order chi connectivity index (χ0) is 14.8. The zero-order valence-electron chi connectivity index (χ0n) is 12.1. The highest BCUT2D eigenvalue weighted by Gasteiger charge is 2.22. The Balaban J connectivity index is 2.92. The second kappa shape index (κ2) is 5.90. The number of nitrogens with one attached hydrogen (secondary N) is 1. The van der Waals surface area contributed by atoms with Gasteiger partial charge in [-0.3, -0.25) is 10.1 Å². The minimum absolute atomic E-state index is 0.139. The second-order valence-electron chi connectivity index (χ2n) is 5.87. The van der Waals surface area contributed by atoms with Gasteiger partial charge < -0.3 is 5.32 Å². The molecule has 0 aliphatic carbocycles. The highest BCUT2D eigenvalue weighted by atomic mass is 79.9. The van der Waals surface area contributed by atoms with Crippen molar-refractivity contribution in [3.8, 4) is 0 Å². The number of aryl methyl sites for hydroxylation is 1. The molecule has 0 radical (unpaired) electrons. The molecule has 19 heavy (non-hydrogen) atoms. The van der Waals surface area contributed by atoms with Crippen LogP contribution in [0.1, 0.15) is 33.3 Å². The molecule has 0 aliphatic rings. The number of benzene rings is 1. The molecule has 0 heterocycles. The minimum Gasteiger partial charge on any atom is -0.384 e. The van der Waals surface area contributed by atoms with Crippen molar-refractivity contribution in [1.29, 1.82) is 0 Å². The van der Waals surface area contributed by atoms with E-state index in [1.165, 1.54) is 0 Å². The third-order valence-electron chi connectivity index (χ3n) is 3.78. The van der Waals surface area contributed by atoms with Crippen LogP contribution in [0.25, 0.3) is 0 Å². The monoisotopic (exact) mass is 328 g/mol. The number of hydrogen-bond acceptors (Lipinski definition) is 3. The molecule has 0 bridgehead atoms. The lowest BCUT2D eigenvalue weighted by molar-refractivity contribution is -0.385. The molecule has 1 N–H and O–H groups in total. The number of rotatable bonds is 5. The predicted octanol–water partition coefficient (Wildman–Crippen LogP) is 4.76. The normalized spacial score (nSPS) is 11.7. The van der Waals surface area contributed by atoms with Gasteiger partial charge in [-0.1, -0.05) is 27.7 Å². The molecule has 0 unspecified atom stereocenters. The average molecular weight is 329 g/mol. The van der Waals surface area contributed by atoms with Gasteiger partial charge in [0, 0.05) is 28.3 Å². The van der Waals surface area contributed by atoms with Crippen molar-refractivity contribution < 1.29 is 4.92 Å². The van der Waals surface area contributed by atoms with Crippen LogP contribution in [0, 0.1) is 28.4 Å². The number of nitrogens with zero attached hydrogens (tertiary/aromatic N) is 1. The van der Waals surface area contributed by atoms with Crippen LogP contribution in [0.3, 0.4) is 0 Å². The van der Waals surface area contributed by atoms with Crippen LogP contribution in [-0.2, 0) is 0 Å². The Bertz CT molecular complexity index is 485. The van der Waals surface area contributed by atoms with E-state index in [0.29, 0.717) is 11.5 Å². The van der Waals surface area contributed by atoms with Gasteiger partial charge in [-0.2, -0.15) is 0 Å². The van der Waals surface area contributed by atoms with Crippen LogP contribution >= 0.6 is 15.9 Å². The summed E-state index contributed by atoms with van der Waals surface area (Å²) in [6.07, 6.45) is 0. The van der Waals surface area contributed by atoms with Crippen LogP contribution in [0.5, 0.6) is 0 Å². The number of anilines is 1. The predicted molar refractivity (Wildman–Crippen MR) is 82.6 cm³/mol. The van der Waals surface area contributed by atoms with Crippen molar-refractivity contribution >= 4 is 27.3 Å². The standard InChI is InChI=1S/C14H21BrN2O2/c1-9(2)14(4,5)8-16-12-6-10(3)13(17(18)19)7-11(12)15/h6-7,9,16H,8H2,1-5H3. The average Bonchev–Trinajstić information content (AvgIpc) is 2.29. The molecule has 0 aromatic heterocycles. The summed E-state index contributed by atoms with van der Waals surface area (Å²) in [5.74, 6) is 0.554. The second-order valence-corrected chi connectivity index (χ2v) is 6.73. The number of nitro groups is 1. The Hall–Kier alpha value is -1.10. The van der Waals surface area contributed by atoms with Crippen LogP contribution in [0.15, 0.2) is 16.6 Å². The van der Waals surface area contributed by atoms with Crippen LogP contribution in [0.2, 0.25) is 0 Å². The van der Waals surface area contributed by atoms with E-state index in [0.717, 1.165) is 16.7 Å². The first-order valence-electron chi connectivity index (χ1n) is 6.33. The Labute approximate surface area is 122 Å². The smallest absolute Gasteiger partial charge is 0.273 e. The van der Waals surface area contributed by atoms with Crippen LogP contribution < -0.4 is 5.32 Å². The fourth-order valence-electron chi connectivity index (χ4n) is 1.53. The highest BCUT2D eigenvalue weighted by Crippen LogP contribution is 2.32. The van der Waals surface area contributed by atoms with Crippen LogP contribution in [0.4, 0.5) is 11.4 Å². The van der Waals surface area contributed by atoms with Crippen molar-refractivity contribution in [2.24, 2.45) is 11.3 Å². The van der Waals surface area contributed by atoms with Gasteiger partial charge in [-0.15, -0.1) is 0 Å². The molecule has 1 aromatic rings. The molecule has 0 aliphatic heterocycles. The lowest BCUT2D eigenvalue weighted by atomic mass is 9.81. The van der Waals surface area contributed by atoms with Gasteiger partial charge in [0.1, 0.15) is 0 Å². The van der Waals surface area contributed by atoms with Crippen molar-refractivity contribution in [1.82, 2.24) is 0 Å². The Morgan fingerprint density at radius 3 is 2.47 bits per heavy atom. The maximum atomic E-state index is 10.9. The first-order valence-corrected chi connectivity index (χ1v) is 7.13. The Morgan fingerprint density at radius 2 is 2.00 bits per heavy atom. The molecule has 0 fully saturated rings. The first kappa shape index (κ1) is 16.0. The summed E-state index contributed by atoms with van der Waals surface area (Å²) in [6.45, 7) is 11.4. The summed E-state index contributed by atoms with van der Waals surface area (Å²) in [5, 5.41) is 14.2. The maximum Gasteiger partial charge on any atom is 0.273 e. The van der Waals surface area contributed by atoms with Gasteiger partial charge in [-0.25, -0.2) is 0 Å². The molecule has 5 heteroatoms. The fourth-order valence-corrected chi connectivity index (χ4v) is 2.00. The van der Waals surface area contributed by atoms with E-state index in [9.17, 15) is 10.1 Å². The van der Waals surface area contributed by atoms with Crippen molar-refractivity contribution in [2.45, 2.75) is 34.6 Å². The van der Waals surface area contributed by atoms with Crippen molar-refractivity contribution in [2.75, 3.05) is 11.9 Å². The largest absolute Gasteiger partial charge is 0.384 e. The molecule has 4 nitrogen and oxygen atoms in total. The molecular formula is C14H21BrN2O2. The summed E-state index contributed by atoms with van der Waals surface area (Å²) in [5.41, 5.74) is 1.87. The molecule has 1 rings (SSSR count). The zero-order valence-corrected chi connectivity index (χ0v) is 13.7. The topological polar surface area (TPSA) is 55.2 Å². The summed E-state index contributed by atoms with van der Waals surface area (Å²) in [7, 11) is 0. The van der Waals surface area contributed by atoms with Gasteiger partial charge in [0.05, 0.1) is 4.92 Å². The summed E-state index contributed by atoms with van der Waals surface area (Å²) in [6, 6.07) is 3.37. The molecule has 0 atom stereocenters. The molecule has 0 saturated carbocycles. The lowest BCUT2D eigenvalue weighted by Crippen LogP contribution is -2.28. The number of hydrogen-bond donors (Lipinski definition) is 1. The van der Waals surface area contributed by atoms with Gasteiger partial charge in [0.15, 0.2) is 0 Å². The van der Waals surface area contributed by atoms with E-state index in [1.807, 2.05) is 6.07 Å². The summed E-state index contributed by atoms with van der Waals surface area (Å²) < 4.78 is 0.726. The quantitative estimate of drug-likeness (QED) is 0.626. The van der Waals surface area contributed by atoms with Crippen molar-refractivity contribution in [3.05, 3.63) is 32.3 Å². The molecule has 0 amide bonds. The van der Waals surface area contributed by atoms with Crippen molar-refractivity contribution in [3.63, 3.8) is 0 Å². The number of nitro benzene ring substituents is 1. The first-order chi connectivity index (χ1) is 8.65. The highest BCUT2D eigenvalue weighted by molar-refractivity contribution is 9.10. The lowest BCUT2D eigenvalue weighted by Gasteiger charge is -2.30. The van der Waals surface area contributed by atoms with E-state index >= 15 is 0 Å². The third kappa shape index (κ3) is 3.93. The van der Waals surface area contributed by atoms with E-state index in [2.05, 4.69) is 48.9 Å². The minimum atomic E-state index is -0.359.